The fraction of sp³-hybridized carbons (Fsp3) is 0.400. The summed E-state index contributed by atoms with van der Waals surface area (Å²) in [7, 11) is -3.11. The Morgan fingerprint density at radius 1 is 1.04 bits per heavy atom. The van der Waals surface area contributed by atoms with Gasteiger partial charge in [-0.3, -0.25) is 0 Å². The molecule has 3 heterocycles. The summed E-state index contributed by atoms with van der Waals surface area (Å²) in [6.07, 6.45) is 2.98. The second-order valence-corrected chi connectivity index (χ2v) is 7.72. The number of hydrogen-bond acceptors (Lipinski definition) is 7. The number of aryl methyl sites for hydroxylation is 1. The molecule has 0 aliphatic carbocycles. The first-order chi connectivity index (χ1) is 11.4. The van der Waals surface area contributed by atoms with Gasteiger partial charge in [-0.05, 0) is 31.2 Å². The number of sulfonamides is 1. The highest BCUT2D eigenvalue weighted by Gasteiger charge is 2.23. The Morgan fingerprint density at radius 3 is 2.33 bits per heavy atom. The Hall–Kier alpha value is -2.26. The topological polar surface area (TPSA) is 91.3 Å². The van der Waals surface area contributed by atoms with Crippen molar-refractivity contribution in [1.29, 1.82) is 0 Å². The zero-order valence-electron chi connectivity index (χ0n) is 13.7. The van der Waals surface area contributed by atoms with E-state index in [1.54, 1.807) is 6.20 Å². The molecule has 3 rings (SSSR count). The average Bonchev–Trinajstić information content (AvgIpc) is 2.57. The lowest BCUT2D eigenvalue weighted by Crippen LogP contribution is -2.48. The lowest BCUT2D eigenvalue weighted by Gasteiger charge is -2.33. The van der Waals surface area contributed by atoms with E-state index in [0.29, 0.717) is 32.0 Å². The first-order valence-corrected chi connectivity index (χ1v) is 9.50. The van der Waals surface area contributed by atoms with E-state index in [-0.39, 0.29) is 0 Å². The zero-order valence-corrected chi connectivity index (χ0v) is 14.5. The van der Waals surface area contributed by atoms with Crippen LogP contribution in [0.5, 0.6) is 0 Å². The van der Waals surface area contributed by atoms with E-state index in [4.69, 9.17) is 0 Å². The van der Waals surface area contributed by atoms with Gasteiger partial charge in [0.2, 0.25) is 10.0 Å². The van der Waals surface area contributed by atoms with Crippen LogP contribution in [0.2, 0.25) is 0 Å². The van der Waals surface area contributed by atoms with E-state index >= 15 is 0 Å². The molecule has 0 aromatic carbocycles. The number of aromatic nitrogens is 3. The predicted molar refractivity (Wildman–Crippen MR) is 92.9 cm³/mol. The quantitative estimate of drug-likeness (QED) is 0.881. The Morgan fingerprint density at radius 2 is 1.79 bits per heavy atom. The van der Waals surface area contributed by atoms with Crippen LogP contribution in [0, 0.1) is 6.92 Å². The minimum atomic E-state index is -3.11. The lowest BCUT2D eigenvalue weighted by molar-refractivity contribution is 0.387. The van der Waals surface area contributed by atoms with E-state index in [2.05, 4.69) is 25.4 Å². The maximum atomic E-state index is 11.5. The maximum Gasteiger partial charge on any atom is 0.211 e. The van der Waals surface area contributed by atoms with Gasteiger partial charge in [0.1, 0.15) is 5.82 Å². The molecule has 1 N–H and O–H groups in total. The van der Waals surface area contributed by atoms with Gasteiger partial charge in [0.15, 0.2) is 5.82 Å². The van der Waals surface area contributed by atoms with Crippen molar-refractivity contribution >= 4 is 27.3 Å². The summed E-state index contributed by atoms with van der Waals surface area (Å²) < 4.78 is 24.6. The van der Waals surface area contributed by atoms with Crippen LogP contribution in [0.25, 0.3) is 0 Å². The van der Waals surface area contributed by atoms with Gasteiger partial charge in [0.25, 0.3) is 0 Å². The summed E-state index contributed by atoms with van der Waals surface area (Å²) in [4.78, 5) is 6.53. The minimum absolute atomic E-state index is 0.486. The highest BCUT2D eigenvalue weighted by molar-refractivity contribution is 7.88. The van der Waals surface area contributed by atoms with Gasteiger partial charge in [0, 0.05) is 26.2 Å². The molecule has 8 nitrogen and oxygen atoms in total. The Balaban J connectivity index is 1.62. The number of pyridine rings is 1. The summed E-state index contributed by atoms with van der Waals surface area (Å²) in [5.41, 5.74) is 1.69. The first kappa shape index (κ1) is 16.6. The molecule has 1 aliphatic rings. The minimum Gasteiger partial charge on any atom is -0.354 e. The Labute approximate surface area is 141 Å². The van der Waals surface area contributed by atoms with Crippen LogP contribution in [-0.2, 0) is 10.0 Å². The molecule has 1 fully saturated rings. The van der Waals surface area contributed by atoms with Crippen LogP contribution in [0.4, 0.5) is 17.3 Å². The molecule has 0 radical (unpaired) electrons. The molecule has 24 heavy (non-hydrogen) atoms. The lowest BCUT2D eigenvalue weighted by atomic mass is 10.3. The van der Waals surface area contributed by atoms with Crippen LogP contribution in [0.1, 0.15) is 5.69 Å². The number of anilines is 3. The van der Waals surface area contributed by atoms with Crippen molar-refractivity contribution in [3.63, 3.8) is 0 Å². The SMILES string of the molecule is Cc1ccc(Nc2ccc(N3CCN(S(C)(=O)=O)CC3)nc2)nn1. The van der Waals surface area contributed by atoms with Crippen molar-refractivity contribution in [3.8, 4) is 0 Å². The maximum absolute atomic E-state index is 11.5. The fourth-order valence-corrected chi connectivity index (χ4v) is 3.34. The van der Waals surface area contributed by atoms with Crippen LogP contribution < -0.4 is 10.2 Å². The molecule has 2 aromatic rings. The van der Waals surface area contributed by atoms with Crippen LogP contribution >= 0.6 is 0 Å². The third-order valence-electron chi connectivity index (χ3n) is 3.85. The van der Waals surface area contributed by atoms with Gasteiger partial charge in [-0.15, -0.1) is 5.10 Å². The molecular weight excluding hydrogens is 328 g/mol. The molecule has 0 amide bonds. The second kappa shape index (κ2) is 6.70. The summed E-state index contributed by atoms with van der Waals surface area (Å²) in [6, 6.07) is 7.59. The summed E-state index contributed by atoms with van der Waals surface area (Å²) >= 11 is 0. The highest BCUT2D eigenvalue weighted by Crippen LogP contribution is 2.19. The van der Waals surface area contributed by atoms with E-state index in [9.17, 15) is 8.42 Å². The molecular formula is C15H20N6O2S. The molecule has 0 unspecified atom stereocenters. The molecule has 0 bridgehead atoms. The molecule has 128 valence electrons. The molecule has 0 spiro atoms. The normalized spacial score (nSPS) is 16.2. The largest absolute Gasteiger partial charge is 0.354 e. The molecule has 0 saturated carbocycles. The van der Waals surface area contributed by atoms with Crippen molar-refractivity contribution in [2.45, 2.75) is 6.92 Å². The molecule has 9 heteroatoms. The molecule has 1 saturated heterocycles. The van der Waals surface area contributed by atoms with Crippen LogP contribution in [0.15, 0.2) is 30.5 Å². The summed E-state index contributed by atoms with van der Waals surface area (Å²) in [6.45, 7) is 4.13. The van der Waals surface area contributed by atoms with Crippen molar-refractivity contribution in [1.82, 2.24) is 19.5 Å². The number of nitrogens with one attached hydrogen (secondary N) is 1. The van der Waals surface area contributed by atoms with Crippen LogP contribution in [0.3, 0.4) is 0 Å². The van der Waals surface area contributed by atoms with Crippen molar-refractivity contribution in [2.75, 3.05) is 42.7 Å². The number of rotatable bonds is 4. The van der Waals surface area contributed by atoms with E-state index in [1.165, 1.54) is 10.6 Å². The number of piperazine rings is 1. The van der Waals surface area contributed by atoms with Gasteiger partial charge in [0.05, 0.1) is 23.8 Å². The van der Waals surface area contributed by atoms with Gasteiger partial charge >= 0.3 is 0 Å². The third-order valence-corrected chi connectivity index (χ3v) is 5.15. The Bertz CT molecular complexity index is 784. The van der Waals surface area contributed by atoms with Crippen molar-refractivity contribution in [2.24, 2.45) is 0 Å². The summed E-state index contributed by atoms with van der Waals surface area (Å²) in [5, 5.41) is 11.2. The zero-order chi connectivity index (χ0) is 17.2. The van der Waals surface area contributed by atoms with Gasteiger partial charge in [-0.25, -0.2) is 13.4 Å². The average molecular weight is 348 g/mol. The Kier molecular flexibility index (Phi) is 4.63. The fourth-order valence-electron chi connectivity index (χ4n) is 2.51. The molecule has 1 aliphatic heterocycles. The van der Waals surface area contributed by atoms with Crippen LogP contribution in [-0.4, -0.2) is 60.3 Å². The third kappa shape index (κ3) is 3.98. The number of nitrogens with zero attached hydrogens (tertiary/aromatic N) is 5. The monoisotopic (exact) mass is 348 g/mol. The standard InChI is InChI=1S/C15H20N6O2S/c1-12-3-5-14(19-18-12)17-13-4-6-15(16-11-13)20-7-9-21(10-8-20)24(2,22)23/h3-6,11H,7-10H2,1-2H3,(H,17,19). The van der Waals surface area contributed by atoms with Gasteiger partial charge < -0.3 is 10.2 Å². The van der Waals surface area contributed by atoms with Gasteiger partial charge in [-0.2, -0.15) is 9.40 Å². The van der Waals surface area contributed by atoms with Crippen molar-refractivity contribution < 1.29 is 8.42 Å². The summed E-state index contributed by atoms with van der Waals surface area (Å²) in [5.74, 6) is 1.50. The van der Waals surface area contributed by atoms with Crippen molar-refractivity contribution in [3.05, 3.63) is 36.2 Å². The predicted octanol–water partition coefficient (Wildman–Crippen LogP) is 1.01. The van der Waals surface area contributed by atoms with E-state index in [0.717, 1.165) is 17.2 Å². The highest BCUT2D eigenvalue weighted by atomic mass is 32.2. The van der Waals surface area contributed by atoms with E-state index < -0.39 is 10.0 Å². The van der Waals surface area contributed by atoms with E-state index in [1.807, 2.05) is 31.2 Å². The smallest absolute Gasteiger partial charge is 0.211 e. The first-order valence-electron chi connectivity index (χ1n) is 7.65. The second-order valence-electron chi connectivity index (χ2n) is 5.74. The van der Waals surface area contributed by atoms with Gasteiger partial charge in [-0.1, -0.05) is 0 Å². The molecule has 2 aromatic heterocycles. The number of hydrogen-bond donors (Lipinski definition) is 1. The molecule has 0 atom stereocenters.